The molecular formula is C20H24FN3O5. The van der Waals surface area contributed by atoms with E-state index in [-0.39, 0.29) is 31.5 Å². The third-order valence-electron chi connectivity index (χ3n) is 5.47. The minimum Gasteiger partial charge on any atom is -0.465 e. The molecule has 2 aliphatic heterocycles. The number of alkyl halides is 1. The Kier molecular flexibility index (Phi) is 5.77. The largest absolute Gasteiger partial charge is 0.465 e. The maximum atomic E-state index is 14.4. The predicted octanol–water partition coefficient (Wildman–Crippen LogP) is 1.84. The Morgan fingerprint density at radius 3 is 2.86 bits per heavy atom. The standard InChI is InChI=1S/C20H24FN3O5/c1-27-20(26)13-2-3-15-16(8-13)23-18(22-15)11-29-17-10-24(9-14(17)21)19(25)12-4-6-28-7-5-12/h2-3,8,12,14,17H,4-7,9-11H2,1H3,(H,22,23)/t14-,17+/m1/s1. The summed E-state index contributed by atoms with van der Waals surface area (Å²) < 4.78 is 30.1. The van der Waals surface area contributed by atoms with E-state index in [1.807, 2.05) is 0 Å². The quantitative estimate of drug-likeness (QED) is 0.763. The molecule has 9 heteroatoms. The Balaban J connectivity index is 1.36. The summed E-state index contributed by atoms with van der Waals surface area (Å²) >= 11 is 0. The average molecular weight is 405 g/mol. The minimum atomic E-state index is -1.23. The number of H-pyrrole nitrogens is 1. The van der Waals surface area contributed by atoms with Gasteiger partial charge in [-0.05, 0) is 31.0 Å². The number of carbonyl (C=O) groups is 2. The number of nitrogens with zero attached hydrogens (tertiary/aromatic N) is 2. The lowest BCUT2D eigenvalue weighted by atomic mass is 9.99. The lowest BCUT2D eigenvalue weighted by Gasteiger charge is -2.26. The van der Waals surface area contributed by atoms with Crippen molar-refractivity contribution >= 4 is 22.9 Å². The molecule has 2 aromatic rings. The summed E-state index contributed by atoms with van der Waals surface area (Å²) in [5, 5.41) is 0. The molecule has 0 unspecified atom stereocenters. The summed E-state index contributed by atoms with van der Waals surface area (Å²) in [7, 11) is 1.32. The summed E-state index contributed by atoms with van der Waals surface area (Å²) in [6.45, 7) is 1.54. The minimum absolute atomic E-state index is 0.0128. The van der Waals surface area contributed by atoms with E-state index >= 15 is 0 Å². The number of likely N-dealkylation sites (tertiary alicyclic amines) is 1. The zero-order valence-corrected chi connectivity index (χ0v) is 16.2. The van der Waals surface area contributed by atoms with Crippen molar-refractivity contribution in [3.63, 3.8) is 0 Å². The van der Waals surface area contributed by atoms with E-state index in [0.29, 0.717) is 48.5 Å². The summed E-state index contributed by atoms with van der Waals surface area (Å²) in [6.07, 6.45) is -0.541. The van der Waals surface area contributed by atoms with Crippen LogP contribution in [-0.2, 0) is 25.6 Å². The first-order valence-corrected chi connectivity index (χ1v) is 9.74. The SMILES string of the molecule is COC(=O)c1ccc2nc(CO[C@H]3CN(C(=O)C4CCOCC4)C[C@H]3F)[nH]c2c1. The Hall–Kier alpha value is -2.52. The highest BCUT2D eigenvalue weighted by molar-refractivity contribution is 5.93. The fourth-order valence-corrected chi connectivity index (χ4v) is 3.84. The van der Waals surface area contributed by atoms with Crippen LogP contribution in [0.2, 0.25) is 0 Å². The van der Waals surface area contributed by atoms with Crippen LogP contribution in [0.1, 0.15) is 29.0 Å². The van der Waals surface area contributed by atoms with Crippen LogP contribution in [0, 0.1) is 5.92 Å². The molecular weight excluding hydrogens is 381 g/mol. The van der Waals surface area contributed by atoms with E-state index in [1.54, 1.807) is 23.1 Å². The maximum absolute atomic E-state index is 14.4. The molecule has 0 spiro atoms. The van der Waals surface area contributed by atoms with E-state index in [2.05, 4.69) is 9.97 Å². The number of esters is 1. The van der Waals surface area contributed by atoms with Crippen molar-refractivity contribution in [1.82, 2.24) is 14.9 Å². The van der Waals surface area contributed by atoms with E-state index in [9.17, 15) is 14.0 Å². The first kappa shape index (κ1) is 19.8. The van der Waals surface area contributed by atoms with Gasteiger partial charge in [-0.2, -0.15) is 0 Å². The molecule has 0 saturated carbocycles. The van der Waals surface area contributed by atoms with E-state index < -0.39 is 18.2 Å². The Morgan fingerprint density at radius 1 is 1.31 bits per heavy atom. The number of carbonyl (C=O) groups excluding carboxylic acids is 2. The van der Waals surface area contributed by atoms with Crippen molar-refractivity contribution in [1.29, 1.82) is 0 Å². The average Bonchev–Trinajstić information content (AvgIpc) is 3.33. The molecule has 2 fully saturated rings. The molecule has 2 atom stereocenters. The van der Waals surface area contributed by atoms with Gasteiger partial charge in [0.15, 0.2) is 0 Å². The monoisotopic (exact) mass is 405 g/mol. The highest BCUT2D eigenvalue weighted by Crippen LogP contribution is 2.24. The Bertz CT molecular complexity index is 895. The lowest BCUT2D eigenvalue weighted by Crippen LogP contribution is -2.37. The molecule has 1 aromatic heterocycles. The van der Waals surface area contributed by atoms with Gasteiger partial charge >= 0.3 is 5.97 Å². The van der Waals surface area contributed by atoms with Gasteiger partial charge in [-0.15, -0.1) is 0 Å². The number of hydrogen-bond acceptors (Lipinski definition) is 6. The van der Waals surface area contributed by atoms with E-state index in [1.165, 1.54) is 7.11 Å². The highest BCUT2D eigenvalue weighted by Gasteiger charge is 2.38. The van der Waals surface area contributed by atoms with Crippen LogP contribution in [-0.4, -0.2) is 72.4 Å². The van der Waals surface area contributed by atoms with Gasteiger partial charge in [0.2, 0.25) is 5.91 Å². The van der Waals surface area contributed by atoms with Crippen LogP contribution in [0.3, 0.4) is 0 Å². The number of imidazole rings is 1. The zero-order valence-electron chi connectivity index (χ0n) is 16.2. The van der Waals surface area contributed by atoms with Gasteiger partial charge in [-0.3, -0.25) is 4.79 Å². The second-order valence-electron chi connectivity index (χ2n) is 7.40. The van der Waals surface area contributed by atoms with Gasteiger partial charge in [0.25, 0.3) is 0 Å². The number of ether oxygens (including phenoxy) is 3. The van der Waals surface area contributed by atoms with E-state index in [4.69, 9.17) is 14.2 Å². The fourth-order valence-electron chi connectivity index (χ4n) is 3.84. The van der Waals surface area contributed by atoms with Crippen molar-refractivity contribution < 1.29 is 28.2 Å². The number of benzene rings is 1. The van der Waals surface area contributed by atoms with Crippen molar-refractivity contribution in [3.05, 3.63) is 29.6 Å². The topological polar surface area (TPSA) is 93.8 Å². The van der Waals surface area contributed by atoms with Crippen LogP contribution >= 0.6 is 0 Å². The number of aromatic amines is 1. The zero-order chi connectivity index (χ0) is 20.4. The van der Waals surface area contributed by atoms with Gasteiger partial charge in [0.05, 0.1) is 30.3 Å². The molecule has 1 aromatic carbocycles. The number of nitrogens with one attached hydrogen (secondary N) is 1. The number of aromatic nitrogens is 2. The Labute approximate surface area is 167 Å². The first-order chi connectivity index (χ1) is 14.0. The normalized spacial score (nSPS) is 22.9. The van der Waals surface area contributed by atoms with Crippen molar-refractivity contribution in [2.45, 2.75) is 31.7 Å². The fraction of sp³-hybridized carbons (Fsp3) is 0.550. The van der Waals surface area contributed by atoms with Gasteiger partial charge < -0.3 is 24.1 Å². The third-order valence-corrected chi connectivity index (χ3v) is 5.47. The second-order valence-corrected chi connectivity index (χ2v) is 7.40. The van der Waals surface area contributed by atoms with Gasteiger partial charge in [0, 0.05) is 25.7 Å². The molecule has 2 saturated heterocycles. The summed E-state index contributed by atoms with van der Waals surface area (Å²) in [5.74, 6) is -0.00144. The molecule has 1 N–H and O–H groups in total. The number of amides is 1. The molecule has 1 amide bonds. The van der Waals surface area contributed by atoms with E-state index in [0.717, 1.165) is 0 Å². The molecule has 0 bridgehead atoms. The summed E-state index contributed by atoms with van der Waals surface area (Å²) in [5.41, 5.74) is 1.76. The van der Waals surface area contributed by atoms with Crippen LogP contribution in [0.5, 0.6) is 0 Å². The van der Waals surface area contributed by atoms with Crippen LogP contribution in [0.25, 0.3) is 11.0 Å². The smallest absolute Gasteiger partial charge is 0.337 e. The molecule has 156 valence electrons. The Morgan fingerprint density at radius 2 is 2.10 bits per heavy atom. The third kappa shape index (κ3) is 4.25. The number of rotatable bonds is 5. The molecule has 2 aliphatic rings. The molecule has 0 aliphatic carbocycles. The van der Waals surface area contributed by atoms with Gasteiger partial charge in [0.1, 0.15) is 24.7 Å². The second kappa shape index (κ2) is 8.46. The lowest BCUT2D eigenvalue weighted by molar-refractivity contribution is -0.138. The number of methoxy groups -OCH3 is 1. The number of fused-ring (bicyclic) bond motifs is 1. The summed E-state index contributed by atoms with van der Waals surface area (Å²) in [4.78, 5) is 33.3. The predicted molar refractivity (Wildman–Crippen MR) is 101 cm³/mol. The van der Waals surface area contributed by atoms with Crippen molar-refractivity contribution in [2.24, 2.45) is 5.92 Å². The molecule has 4 rings (SSSR count). The summed E-state index contributed by atoms with van der Waals surface area (Å²) in [6, 6.07) is 5.00. The van der Waals surface area contributed by atoms with Crippen molar-refractivity contribution in [3.8, 4) is 0 Å². The van der Waals surface area contributed by atoms with Gasteiger partial charge in [-0.1, -0.05) is 0 Å². The first-order valence-electron chi connectivity index (χ1n) is 9.74. The van der Waals surface area contributed by atoms with Crippen LogP contribution in [0.4, 0.5) is 4.39 Å². The van der Waals surface area contributed by atoms with Gasteiger partial charge in [-0.25, -0.2) is 14.2 Å². The van der Waals surface area contributed by atoms with Crippen LogP contribution < -0.4 is 0 Å². The molecule has 0 radical (unpaired) electrons. The molecule has 3 heterocycles. The highest BCUT2D eigenvalue weighted by atomic mass is 19.1. The van der Waals surface area contributed by atoms with Crippen molar-refractivity contribution in [2.75, 3.05) is 33.4 Å². The molecule has 29 heavy (non-hydrogen) atoms. The van der Waals surface area contributed by atoms with Crippen LogP contribution in [0.15, 0.2) is 18.2 Å². The maximum Gasteiger partial charge on any atom is 0.337 e. The number of halogens is 1. The number of hydrogen-bond donors (Lipinski definition) is 1. The molecule has 8 nitrogen and oxygen atoms in total.